The maximum absolute atomic E-state index is 13.1. The topological polar surface area (TPSA) is 0 Å². The van der Waals surface area contributed by atoms with E-state index in [-0.39, 0.29) is 11.6 Å². The van der Waals surface area contributed by atoms with Gasteiger partial charge in [0.25, 0.3) is 0 Å². The normalized spacial score (nSPS) is 10.7. The SMILES string of the molecule is CC(=C(c1ccc(F)cc1)c1ccc(F)cc1)C(C)C. The molecule has 0 heterocycles. The van der Waals surface area contributed by atoms with Crippen molar-refractivity contribution in [3.8, 4) is 0 Å². The van der Waals surface area contributed by atoms with Gasteiger partial charge < -0.3 is 0 Å². The predicted molar refractivity (Wildman–Crippen MR) is 79.3 cm³/mol. The molecule has 2 aromatic rings. The highest BCUT2D eigenvalue weighted by Crippen LogP contribution is 2.30. The van der Waals surface area contributed by atoms with Gasteiger partial charge in [-0.05, 0) is 53.8 Å². The van der Waals surface area contributed by atoms with E-state index in [1.54, 1.807) is 24.3 Å². The Labute approximate surface area is 118 Å². The third kappa shape index (κ3) is 3.13. The summed E-state index contributed by atoms with van der Waals surface area (Å²) in [7, 11) is 0. The second-order valence-corrected chi connectivity index (χ2v) is 5.23. The van der Waals surface area contributed by atoms with Gasteiger partial charge in [0.15, 0.2) is 0 Å². The summed E-state index contributed by atoms with van der Waals surface area (Å²) in [5.41, 5.74) is 4.14. The number of rotatable bonds is 3. The first-order chi connectivity index (χ1) is 9.49. The molecule has 0 fully saturated rings. The van der Waals surface area contributed by atoms with E-state index in [2.05, 4.69) is 20.8 Å². The molecule has 0 nitrogen and oxygen atoms in total. The van der Waals surface area contributed by atoms with Crippen molar-refractivity contribution in [2.24, 2.45) is 5.92 Å². The minimum atomic E-state index is -0.255. The smallest absolute Gasteiger partial charge is 0.123 e. The number of halogens is 2. The fourth-order valence-corrected chi connectivity index (χ4v) is 2.14. The highest BCUT2D eigenvalue weighted by Gasteiger charge is 2.11. The summed E-state index contributed by atoms with van der Waals surface area (Å²) in [5, 5.41) is 0. The molecule has 0 N–H and O–H groups in total. The molecule has 0 amide bonds. The Morgan fingerprint density at radius 3 is 1.40 bits per heavy atom. The first-order valence-corrected chi connectivity index (χ1v) is 6.71. The minimum absolute atomic E-state index is 0.255. The van der Waals surface area contributed by atoms with E-state index in [4.69, 9.17) is 0 Å². The molecule has 0 saturated heterocycles. The lowest BCUT2D eigenvalue weighted by atomic mass is 9.89. The van der Waals surface area contributed by atoms with Crippen molar-refractivity contribution in [3.63, 3.8) is 0 Å². The van der Waals surface area contributed by atoms with E-state index in [1.165, 1.54) is 29.8 Å². The van der Waals surface area contributed by atoms with Gasteiger partial charge in [-0.15, -0.1) is 0 Å². The van der Waals surface area contributed by atoms with Crippen LogP contribution in [0.25, 0.3) is 5.57 Å². The fourth-order valence-electron chi connectivity index (χ4n) is 2.14. The van der Waals surface area contributed by atoms with Gasteiger partial charge >= 0.3 is 0 Å². The monoisotopic (exact) mass is 272 g/mol. The Hall–Kier alpha value is -1.96. The summed E-state index contributed by atoms with van der Waals surface area (Å²) in [4.78, 5) is 0. The summed E-state index contributed by atoms with van der Waals surface area (Å²) in [6.45, 7) is 6.29. The summed E-state index contributed by atoms with van der Waals surface area (Å²) in [5.74, 6) is -0.149. The van der Waals surface area contributed by atoms with Crippen LogP contribution in [-0.4, -0.2) is 0 Å². The Kier molecular flexibility index (Phi) is 4.33. The van der Waals surface area contributed by atoms with Gasteiger partial charge in [-0.1, -0.05) is 43.7 Å². The predicted octanol–water partition coefficient (Wildman–Crippen LogP) is 5.44. The Balaban J connectivity index is 2.59. The van der Waals surface area contributed by atoms with Gasteiger partial charge in [-0.2, -0.15) is 0 Å². The van der Waals surface area contributed by atoms with Gasteiger partial charge in [-0.3, -0.25) is 0 Å². The summed E-state index contributed by atoms with van der Waals surface area (Å²) < 4.78 is 26.2. The van der Waals surface area contributed by atoms with Gasteiger partial charge in [0.1, 0.15) is 11.6 Å². The summed E-state index contributed by atoms with van der Waals surface area (Å²) in [6.07, 6.45) is 0. The maximum Gasteiger partial charge on any atom is 0.123 e. The van der Waals surface area contributed by atoms with Crippen LogP contribution in [0.2, 0.25) is 0 Å². The molecule has 0 saturated carbocycles. The second kappa shape index (κ2) is 6.00. The first kappa shape index (κ1) is 14.4. The van der Waals surface area contributed by atoms with Gasteiger partial charge in [0.2, 0.25) is 0 Å². The van der Waals surface area contributed by atoms with E-state index >= 15 is 0 Å². The molecular formula is C18H18F2. The lowest BCUT2D eigenvalue weighted by molar-refractivity contribution is 0.627. The van der Waals surface area contributed by atoms with Gasteiger partial charge in [-0.25, -0.2) is 8.78 Å². The number of benzene rings is 2. The van der Waals surface area contributed by atoms with Crippen molar-refractivity contribution >= 4 is 5.57 Å². The highest BCUT2D eigenvalue weighted by molar-refractivity contribution is 5.82. The Bertz CT molecular complexity index is 557. The van der Waals surface area contributed by atoms with Crippen molar-refractivity contribution in [1.82, 2.24) is 0 Å². The van der Waals surface area contributed by atoms with E-state index < -0.39 is 0 Å². The van der Waals surface area contributed by atoms with Crippen molar-refractivity contribution in [2.75, 3.05) is 0 Å². The van der Waals surface area contributed by atoms with Crippen molar-refractivity contribution < 1.29 is 8.78 Å². The lowest BCUT2D eigenvalue weighted by Gasteiger charge is -2.16. The standard InChI is InChI=1S/C18H18F2/c1-12(2)13(3)18(14-4-8-16(19)9-5-14)15-6-10-17(20)11-7-15/h4-12H,1-3H3. The molecule has 0 radical (unpaired) electrons. The molecule has 0 aliphatic rings. The molecule has 0 aliphatic carbocycles. The zero-order chi connectivity index (χ0) is 14.7. The molecule has 0 spiro atoms. The van der Waals surface area contributed by atoms with Crippen LogP contribution in [0.5, 0.6) is 0 Å². The lowest BCUT2D eigenvalue weighted by Crippen LogP contribution is -1.98. The molecule has 2 rings (SSSR count). The average molecular weight is 272 g/mol. The van der Waals surface area contributed by atoms with Crippen molar-refractivity contribution in [1.29, 1.82) is 0 Å². The van der Waals surface area contributed by atoms with Crippen LogP contribution in [0.1, 0.15) is 31.9 Å². The molecule has 2 heteroatoms. The molecule has 0 aromatic heterocycles. The van der Waals surface area contributed by atoms with Crippen LogP contribution < -0.4 is 0 Å². The molecular weight excluding hydrogens is 254 g/mol. The highest BCUT2D eigenvalue weighted by atomic mass is 19.1. The largest absolute Gasteiger partial charge is 0.207 e. The zero-order valence-corrected chi connectivity index (χ0v) is 12.0. The number of allylic oxidation sites excluding steroid dienone is 1. The minimum Gasteiger partial charge on any atom is -0.207 e. The molecule has 104 valence electrons. The van der Waals surface area contributed by atoms with E-state index in [1.807, 2.05) is 0 Å². The van der Waals surface area contributed by atoms with Crippen LogP contribution >= 0.6 is 0 Å². The van der Waals surface area contributed by atoms with E-state index in [0.717, 1.165) is 16.7 Å². The average Bonchev–Trinajstić information content (AvgIpc) is 2.43. The zero-order valence-electron chi connectivity index (χ0n) is 12.0. The first-order valence-electron chi connectivity index (χ1n) is 6.71. The van der Waals surface area contributed by atoms with Gasteiger partial charge in [0.05, 0.1) is 0 Å². The molecule has 0 bridgehead atoms. The summed E-state index contributed by atoms with van der Waals surface area (Å²) in [6, 6.07) is 12.9. The third-order valence-electron chi connectivity index (χ3n) is 3.53. The maximum atomic E-state index is 13.1. The quantitative estimate of drug-likeness (QED) is 0.697. The van der Waals surface area contributed by atoms with Crippen LogP contribution in [-0.2, 0) is 0 Å². The van der Waals surface area contributed by atoms with Crippen LogP contribution in [0.3, 0.4) is 0 Å². The van der Waals surface area contributed by atoms with Crippen LogP contribution in [0, 0.1) is 17.6 Å². The molecule has 0 aliphatic heterocycles. The van der Waals surface area contributed by atoms with E-state index in [9.17, 15) is 8.78 Å². The summed E-state index contributed by atoms with van der Waals surface area (Å²) >= 11 is 0. The molecule has 0 unspecified atom stereocenters. The van der Waals surface area contributed by atoms with Crippen LogP contribution in [0.15, 0.2) is 54.1 Å². The Morgan fingerprint density at radius 2 is 1.10 bits per heavy atom. The third-order valence-corrected chi connectivity index (χ3v) is 3.53. The molecule has 2 aromatic carbocycles. The second-order valence-electron chi connectivity index (χ2n) is 5.23. The van der Waals surface area contributed by atoms with Crippen molar-refractivity contribution in [2.45, 2.75) is 20.8 Å². The Morgan fingerprint density at radius 1 is 0.750 bits per heavy atom. The van der Waals surface area contributed by atoms with E-state index in [0.29, 0.717) is 5.92 Å². The number of hydrogen-bond acceptors (Lipinski definition) is 0. The van der Waals surface area contributed by atoms with Crippen molar-refractivity contribution in [3.05, 3.63) is 76.9 Å². The van der Waals surface area contributed by atoms with Crippen LogP contribution in [0.4, 0.5) is 8.78 Å². The van der Waals surface area contributed by atoms with Gasteiger partial charge in [0, 0.05) is 0 Å². The molecule has 20 heavy (non-hydrogen) atoms. The fraction of sp³-hybridized carbons (Fsp3) is 0.222. The molecule has 0 atom stereocenters. The number of hydrogen-bond donors (Lipinski definition) is 0.